The van der Waals surface area contributed by atoms with Gasteiger partial charge >= 0.3 is 0 Å². The minimum absolute atomic E-state index is 0.372. The van der Waals surface area contributed by atoms with Crippen LogP contribution in [-0.4, -0.2) is 30.8 Å². The number of rotatable bonds is 3. The highest BCUT2D eigenvalue weighted by molar-refractivity contribution is 5.09. The van der Waals surface area contributed by atoms with Gasteiger partial charge in [-0.1, -0.05) is 0 Å². The minimum Gasteiger partial charge on any atom is -0.376 e. The Labute approximate surface area is 84.5 Å². The Morgan fingerprint density at radius 2 is 2.64 bits per heavy atom. The van der Waals surface area contributed by atoms with Gasteiger partial charge in [0.05, 0.1) is 18.9 Å². The first-order valence-corrected chi connectivity index (χ1v) is 5.08. The molecule has 0 bridgehead atoms. The van der Waals surface area contributed by atoms with E-state index in [1.807, 2.05) is 12.1 Å². The summed E-state index contributed by atoms with van der Waals surface area (Å²) in [5.41, 5.74) is 1.29. The lowest BCUT2D eigenvalue weighted by atomic mass is 10.1. The molecule has 1 radical (unpaired) electrons. The van der Waals surface area contributed by atoms with Crippen molar-refractivity contribution in [3.63, 3.8) is 0 Å². The SMILES string of the molecule is [c]1cc(CCC2CNCCO2)ccn1. The van der Waals surface area contributed by atoms with Crippen LogP contribution in [0.4, 0.5) is 0 Å². The van der Waals surface area contributed by atoms with Gasteiger partial charge in [0, 0.05) is 19.3 Å². The molecule has 0 aliphatic carbocycles. The van der Waals surface area contributed by atoms with Crippen molar-refractivity contribution in [1.29, 1.82) is 0 Å². The lowest BCUT2D eigenvalue weighted by molar-refractivity contribution is 0.0238. The van der Waals surface area contributed by atoms with Gasteiger partial charge in [-0.15, -0.1) is 0 Å². The van der Waals surface area contributed by atoms with Crippen LogP contribution in [0.25, 0.3) is 0 Å². The number of nitrogens with one attached hydrogen (secondary N) is 1. The van der Waals surface area contributed by atoms with Gasteiger partial charge in [0.2, 0.25) is 0 Å². The second-order valence-corrected chi connectivity index (χ2v) is 3.53. The summed E-state index contributed by atoms with van der Waals surface area (Å²) in [5, 5.41) is 3.33. The second-order valence-electron chi connectivity index (χ2n) is 3.53. The minimum atomic E-state index is 0.372. The van der Waals surface area contributed by atoms with E-state index in [-0.39, 0.29) is 0 Å². The summed E-state index contributed by atoms with van der Waals surface area (Å²) >= 11 is 0. The van der Waals surface area contributed by atoms with Crippen molar-refractivity contribution in [2.75, 3.05) is 19.7 Å². The van der Waals surface area contributed by atoms with Crippen molar-refractivity contribution in [1.82, 2.24) is 10.3 Å². The van der Waals surface area contributed by atoms with Crippen LogP contribution in [0.5, 0.6) is 0 Å². The van der Waals surface area contributed by atoms with Crippen LogP contribution in [0.15, 0.2) is 18.3 Å². The number of hydrogen-bond donors (Lipinski definition) is 1. The van der Waals surface area contributed by atoms with Crippen LogP contribution in [0, 0.1) is 6.20 Å². The molecule has 1 fully saturated rings. The molecule has 14 heavy (non-hydrogen) atoms. The van der Waals surface area contributed by atoms with Crippen molar-refractivity contribution in [2.24, 2.45) is 0 Å². The zero-order valence-electron chi connectivity index (χ0n) is 8.20. The van der Waals surface area contributed by atoms with E-state index >= 15 is 0 Å². The lowest BCUT2D eigenvalue weighted by Crippen LogP contribution is -2.38. The van der Waals surface area contributed by atoms with Crippen LogP contribution in [-0.2, 0) is 11.2 Å². The Balaban J connectivity index is 1.76. The van der Waals surface area contributed by atoms with E-state index in [1.165, 1.54) is 5.56 Å². The van der Waals surface area contributed by atoms with Gasteiger partial charge < -0.3 is 10.1 Å². The summed E-state index contributed by atoms with van der Waals surface area (Å²) in [6.45, 7) is 2.81. The van der Waals surface area contributed by atoms with Crippen molar-refractivity contribution in [3.8, 4) is 0 Å². The molecule has 1 aliphatic rings. The maximum Gasteiger partial charge on any atom is 0.0888 e. The smallest absolute Gasteiger partial charge is 0.0888 e. The average Bonchev–Trinajstić information content (AvgIpc) is 2.29. The maximum absolute atomic E-state index is 5.61. The third-order valence-corrected chi connectivity index (χ3v) is 2.45. The molecule has 0 spiro atoms. The fraction of sp³-hybridized carbons (Fsp3) is 0.545. The van der Waals surface area contributed by atoms with E-state index in [2.05, 4.69) is 16.5 Å². The van der Waals surface area contributed by atoms with Crippen molar-refractivity contribution in [3.05, 3.63) is 30.1 Å². The fourth-order valence-corrected chi connectivity index (χ4v) is 1.63. The first-order valence-electron chi connectivity index (χ1n) is 5.08. The van der Waals surface area contributed by atoms with Crippen LogP contribution < -0.4 is 5.32 Å². The molecule has 2 rings (SSSR count). The normalized spacial score (nSPS) is 22.1. The Bertz CT molecular complexity index is 257. The monoisotopic (exact) mass is 191 g/mol. The predicted octanol–water partition coefficient (Wildman–Crippen LogP) is 0.803. The number of ether oxygens (including phenoxy) is 1. The van der Waals surface area contributed by atoms with Gasteiger partial charge in [-0.25, -0.2) is 0 Å². The van der Waals surface area contributed by atoms with Crippen LogP contribution in [0.2, 0.25) is 0 Å². The van der Waals surface area contributed by atoms with Gasteiger partial charge in [0.15, 0.2) is 0 Å². The van der Waals surface area contributed by atoms with Crippen LogP contribution >= 0.6 is 0 Å². The number of hydrogen-bond acceptors (Lipinski definition) is 3. The average molecular weight is 191 g/mol. The quantitative estimate of drug-likeness (QED) is 0.767. The molecule has 3 heteroatoms. The molecular formula is C11H15N2O. The molecule has 3 nitrogen and oxygen atoms in total. The zero-order chi connectivity index (χ0) is 9.64. The highest BCUT2D eigenvalue weighted by atomic mass is 16.5. The van der Waals surface area contributed by atoms with Crippen LogP contribution in [0.1, 0.15) is 12.0 Å². The molecule has 75 valence electrons. The van der Waals surface area contributed by atoms with Crippen molar-refractivity contribution >= 4 is 0 Å². The van der Waals surface area contributed by atoms with Gasteiger partial charge in [-0.05, 0) is 30.5 Å². The molecule has 1 N–H and O–H groups in total. The molecule has 1 atom stereocenters. The van der Waals surface area contributed by atoms with Crippen LogP contribution in [0.3, 0.4) is 0 Å². The summed E-state index contributed by atoms with van der Waals surface area (Å²) in [7, 11) is 0. The molecule has 1 aromatic heterocycles. The van der Waals surface area contributed by atoms with E-state index in [9.17, 15) is 0 Å². The molecule has 0 aromatic carbocycles. The maximum atomic E-state index is 5.61. The van der Waals surface area contributed by atoms with Gasteiger partial charge in [0.1, 0.15) is 0 Å². The molecule has 2 heterocycles. The Morgan fingerprint density at radius 3 is 3.36 bits per heavy atom. The lowest BCUT2D eigenvalue weighted by Gasteiger charge is -2.23. The number of aryl methyl sites for hydroxylation is 1. The van der Waals surface area contributed by atoms with Gasteiger partial charge in [0.25, 0.3) is 0 Å². The molecular weight excluding hydrogens is 176 g/mol. The summed E-state index contributed by atoms with van der Waals surface area (Å²) < 4.78 is 5.61. The summed E-state index contributed by atoms with van der Waals surface area (Å²) in [6, 6.07) is 3.98. The molecule has 0 amide bonds. The number of nitrogens with zero attached hydrogens (tertiary/aromatic N) is 1. The molecule has 1 aliphatic heterocycles. The van der Waals surface area contributed by atoms with E-state index in [0.29, 0.717) is 6.10 Å². The molecule has 1 saturated heterocycles. The Kier molecular flexibility index (Phi) is 3.49. The van der Waals surface area contributed by atoms with Gasteiger partial charge in [-0.2, -0.15) is 0 Å². The first kappa shape index (κ1) is 9.62. The standard InChI is InChI=1S/C11H15N2O/c1(10-3-5-12-6-4-10)2-11-9-13-7-8-14-11/h3-5,11,13H,1-2,7-9H2. The number of pyridine rings is 1. The number of morpholine rings is 1. The Hall–Kier alpha value is -0.930. The number of aromatic nitrogens is 1. The van der Waals surface area contributed by atoms with E-state index < -0.39 is 0 Å². The summed E-state index contributed by atoms with van der Waals surface area (Å²) in [5.74, 6) is 0. The van der Waals surface area contributed by atoms with Crippen molar-refractivity contribution < 1.29 is 4.74 Å². The first-order chi connectivity index (χ1) is 6.95. The van der Waals surface area contributed by atoms with E-state index in [4.69, 9.17) is 4.74 Å². The summed E-state index contributed by atoms with van der Waals surface area (Å²) in [6.07, 6.45) is 7.12. The molecule has 0 saturated carbocycles. The second kappa shape index (κ2) is 5.08. The van der Waals surface area contributed by atoms with Crippen molar-refractivity contribution in [2.45, 2.75) is 18.9 Å². The molecule has 1 unspecified atom stereocenters. The zero-order valence-corrected chi connectivity index (χ0v) is 8.20. The topological polar surface area (TPSA) is 34.1 Å². The third-order valence-electron chi connectivity index (χ3n) is 2.45. The van der Waals surface area contributed by atoms with Gasteiger partial charge in [-0.3, -0.25) is 4.98 Å². The fourth-order valence-electron chi connectivity index (χ4n) is 1.63. The largest absolute Gasteiger partial charge is 0.376 e. The van der Waals surface area contributed by atoms with E-state index in [1.54, 1.807) is 6.20 Å². The molecule has 1 aromatic rings. The highest BCUT2D eigenvalue weighted by Crippen LogP contribution is 2.07. The summed E-state index contributed by atoms with van der Waals surface area (Å²) in [4.78, 5) is 3.87. The van der Waals surface area contributed by atoms with E-state index in [0.717, 1.165) is 32.5 Å². The third kappa shape index (κ3) is 2.79. The highest BCUT2D eigenvalue weighted by Gasteiger charge is 2.12. The predicted molar refractivity (Wildman–Crippen MR) is 54.0 cm³/mol. The Morgan fingerprint density at radius 1 is 1.64 bits per heavy atom.